The summed E-state index contributed by atoms with van der Waals surface area (Å²) >= 11 is 6.98. The summed E-state index contributed by atoms with van der Waals surface area (Å²) in [6.45, 7) is 7.29. The lowest BCUT2D eigenvalue weighted by Crippen LogP contribution is -2.19. The molecule has 0 fully saturated rings. The Hall–Kier alpha value is -0.0200. The molecule has 0 aliphatic heterocycles. The van der Waals surface area contributed by atoms with Gasteiger partial charge in [0.1, 0.15) is 5.75 Å². The zero-order valence-electron chi connectivity index (χ0n) is 9.97. The smallest absolute Gasteiger partial charge is 0.122 e. The maximum atomic E-state index is 5.86. The summed E-state index contributed by atoms with van der Waals surface area (Å²) in [5.41, 5.74) is 1.17. The first-order chi connectivity index (χ1) is 7.54. The Kier molecular flexibility index (Phi) is 5.84. The van der Waals surface area contributed by atoms with Crippen molar-refractivity contribution in [2.24, 2.45) is 11.8 Å². The van der Waals surface area contributed by atoms with Crippen molar-refractivity contribution in [3.63, 3.8) is 0 Å². The van der Waals surface area contributed by atoms with Crippen LogP contribution in [0.5, 0.6) is 5.75 Å². The van der Waals surface area contributed by atoms with Gasteiger partial charge in [0.25, 0.3) is 0 Å². The number of rotatable bonds is 5. The molecule has 0 spiro atoms. The van der Waals surface area contributed by atoms with E-state index in [4.69, 9.17) is 4.74 Å². The Morgan fingerprint density at radius 3 is 2.50 bits per heavy atom. The van der Waals surface area contributed by atoms with Crippen molar-refractivity contribution in [2.75, 3.05) is 11.9 Å². The third kappa shape index (κ3) is 4.10. The minimum absolute atomic E-state index is 0.558. The van der Waals surface area contributed by atoms with Crippen molar-refractivity contribution in [3.05, 3.63) is 28.2 Å². The highest BCUT2D eigenvalue weighted by Crippen LogP contribution is 2.23. The van der Waals surface area contributed by atoms with Crippen LogP contribution in [0.2, 0.25) is 0 Å². The van der Waals surface area contributed by atoms with Gasteiger partial charge in [0.2, 0.25) is 0 Å². The lowest BCUT2D eigenvalue weighted by molar-refractivity contribution is 0.226. The molecular formula is C13H18Br2O. The number of benzene rings is 1. The summed E-state index contributed by atoms with van der Waals surface area (Å²) < 4.78 is 6.95. The van der Waals surface area contributed by atoms with E-state index in [1.54, 1.807) is 0 Å². The standard InChI is InChI=1S/C13H18Br2O/c1-9(2)11(7-14)8-16-13-5-4-12(15)6-10(13)3/h4-6,9,11H,7-8H2,1-3H3. The fourth-order valence-corrected chi connectivity index (χ4v) is 2.80. The second-order valence-electron chi connectivity index (χ2n) is 4.38. The van der Waals surface area contributed by atoms with E-state index in [1.807, 2.05) is 12.1 Å². The molecule has 16 heavy (non-hydrogen) atoms. The van der Waals surface area contributed by atoms with Crippen LogP contribution in [-0.4, -0.2) is 11.9 Å². The topological polar surface area (TPSA) is 9.23 Å². The van der Waals surface area contributed by atoms with Gasteiger partial charge in [0.05, 0.1) is 6.61 Å². The molecule has 0 aliphatic rings. The number of aryl methyl sites for hydroxylation is 1. The van der Waals surface area contributed by atoms with Crippen molar-refractivity contribution in [1.82, 2.24) is 0 Å². The maximum Gasteiger partial charge on any atom is 0.122 e. The molecule has 0 aromatic heterocycles. The molecule has 1 atom stereocenters. The van der Waals surface area contributed by atoms with Gasteiger partial charge in [-0.05, 0) is 36.6 Å². The molecule has 1 aromatic carbocycles. The first kappa shape index (κ1) is 14.0. The monoisotopic (exact) mass is 348 g/mol. The molecule has 90 valence electrons. The fourth-order valence-electron chi connectivity index (χ4n) is 1.39. The van der Waals surface area contributed by atoms with Gasteiger partial charge in [-0.1, -0.05) is 45.7 Å². The van der Waals surface area contributed by atoms with Crippen molar-refractivity contribution >= 4 is 31.9 Å². The summed E-state index contributed by atoms with van der Waals surface area (Å²) in [5.74, 6) is 2.17. The van der Waals surface area contributed by atoms with Crippen molar-refractivity contribution in [1.29, 1.82) is 0 Å². The maximum absolute atomic E-state index is 5.86. The van der Waals surface area contributed by atoms with E-state index in [0.29, 0.717) is 11.8 Å². The van der Waals surface area contributed by atoms with Gasteiger partial charge in [0, 0.05) is 15.7 Å². The summed E-state index contributed by atoms with van der Waals surface area (Å²) in [6, 6.07) is 6.11. The van der Waals surface area contributed by atoms with E-state index in [9.17, 15) is 0 Å². The second kappa shape index (κ2) is 6.65. The first-order valence-corrected chi connectivity index (χ1v) is 7.41. The van der Waals surface area contributed by atoms with Crippen LogP contribution in [0.1, 0.15) is 19.4 Å². The summed E-state index contributed by atoms with van der Waals surface area (Å²) in [6.07, 6.45) is 0. The quantitative estimate of drug-likeness (QED) is 0.693. The summed E-state index contributed by atoms with van der Waals surface area (Å²) in [5, 5.41) is 0.986. The number of halogens is 2. The zero-order valence-corrected chi connectivity index (χ0v) is 13.1. The Morgan fingerprint density at radius 1 is 1.31 bits per heavy atom. The molecule has 1 rings (SSSR count). The SMILES string of the molecule is Cc1cc(Br)ccc1OCC(CBr)C(C)C. The highest BCUT2D eigenvalue weighted by molar-refractivity contribution is 9.10. The van der Waals surface area contributed by atoms with E-state index in [2.05, 4.69) is 58.7 Å². The highest BCUT2D eigenvalue weighted by atomic mass is 79.9. The minimum Gasteiger partial charge on any atom is -0.493 e. The molecule has 0 N–H and O–H groups in total. The van der Waals surface area contributed by atoms with Crippen molar-refractivity contribution in [2.45, 2.75) is 20.8 Å². The minimum atomic E-state index is 0.558. The van der Waals surface area contributed by atoms with Gasteiger partial charge in [-0.2, -0.15) is 0 Å². The highest BCUT2D eigenvalue weighted by Gasteiger charge is 2.13. The lowest BCUT2D eigenvalue weighted by atomic mass is 9.99. The van der Waals surface area contributed by atoms with E-state index in [-0.39, 0.29) is 0 Å². The van der Waals surface area contributed by atoms with Crippen LogP contribution < -0.4 is 4.74 Å². The number of hydrogen-bond acceptors (Lipinski definition) is 1. The second-order valence-corrected chi connectivity index (χ2v) is 5.94. The van der Waals surface area contributed by atoms with E-state index in [1.165, 1.54) is 5.56 Å². The molecule has 1 aromatic rings. The Bertz CT molecular complexity index is 337. The third-order valence-corrected chi connectivity index (χ3v) is 4.06. The number of alkyl halides is 1. The molecule has 0 saturated carbocycles. The Morgan fingerprint density at radius 2 is 2.00 bits per heavy atom. The van der Waals surface area contributed by atoms with Gasteiger partial charge in [-0.3, -0.25) is 0 Å². The molecule has 0 amide bonds. The van der Waals surface area contributed by atoms with Crippen LogP contribution in [0.15, 0.2) is 22.7 Å². The Balaban J connectivity index is 2.60. The molecule has 0 saturated heterocycles. The van der Waals surface area contributed by atoms with Crippen LogP contribution >= 0.6 is 31.9 Å². The zero-order chi connectivity index (χ0) is 12.1. The van der Waals surface area contributed by atoms with E-state index < -0.39 is 0 Å². The van der Waals surface area contributed by atoms with Gasteiger partial charge < -0.3 is 4.74 Å². The summed E-state index contributed by atoms with van der Waals surface area (Å²) in [7, 11) is 0. The first-order valence-electron chi connectivity index (χ1n) is 5.49. The Labute approximate surface area is 115 Å². The summed E-state index contributed by atoms with van der Waals surface area (Å²) in [4.78, 5) is 0. The predicted octanol–water partition coefficient (Wildman–Crippen LogP) is 4.80. The van der Waals surface area contributed by atoms with E-state index >= 15 is 0 Å². The van der Waals surface area contributed by atoms with Crippen LogP contribution in [0.3, 0.4) is 0 Å². The van der Waals surface area contributed by atoms with Crippen LogP contribution in [-0.2, 0) is 0 Å². The average molecular weight is 350 g/mol. The van der Waals surface area contributed by atoms with Crippen LogP contribution in [0.4, 0.5) is 0 Å². The molecule has 1 unspecified atom stereocenters. The molecule has 0 radical (unpaired) electrons. The lowest BCUT2D eigenvalue weighted by Gasteiger charge is -2.19. The molecule has 0 aliphatic carbocycles. The van der Waals surface area contributed by atoms with Crippen molar-refractivity contribution in [3.8, 4) is 5.75 Å². The van der Waals surface area contributed by atoms with Gasteiger partial charge in [-0.15, -0.1) is 0 Å². The fraction of sp³-hybridized carbons (Fsp3) is 0.538. The third-order valence-electron chi connectivity index (χ3n) is 2.73. The molecule has 1 nitrogen and oxygen atoms in total. The number of hydrogen-bond donors (Lipinski definition) is 0. The number of ether oxygens (including phenoxy) is 1. The molecule has 0 heterocycles. The van der Waals surface area contributed by atoms with E-state index in [0.717, 1.165) is 22.2 Å². The average Bonchev–Trinajstić information content (AvgIpc) is 2.21. The molecule has 0 bridgehead atoms. The molecule has 3 heteroatoms. The molecular weight excluding hydrogens is 332 g/mol. The van der Waals surface area contributed by atoms with Crippen LogP contribution in [0, 0.1) is 18.8 Å². The van der Waals surface area contributed by atoms with Gasteiger partial charge in [-0.25, -0.2) is 0 Å². The largest absolute Gasteiger partial charge is 0.493 e. The normalized spacial score (nSPS) is 12.9. The predicted molar refractivity (Wildman–Crippen MR) is 76.5 cm³/mol. The van der Waals surface area contributed by atoms with Crippen molar-refractivity contribution < 1.29 is 4.74 Å². The van der Waals surface area contributed by atoms with Gasteiger partial charge in [0.15, 0.2) is 0 Å². The van der Waals surface area contributed by atoms with Gasteiger partial charge >= 0.3 is 0 Å². The van der Waals surface area contributed by atoms with Crippen LogP contribution in [0.25, 0.3) is 0 Å².